The SMILES string of the molecule is CC(C)(C)c1cc(C(=O)N2CCN(c3ccc4ncncc4c3)CC2)n[nH]1. The summed E-state index contributed by atoms with van der Waals surface area (Å²) < 4.78 is 0. The number of rotatable bonds is 2. The second kappa shape index (κ2) is 6.64. The van der Waals surface area contributed by atoms with Gasteiger partial charge in [0.2, 0.25) is 0 Å². The molecular weight excluding hydrogens is 340 g/mol. The molecule has 0 aliphatic carbocycles. The summed E-state index contributed by atoms with van der Waals surface area (Å²) in [6, 6.07) is 8.08. The van der Waals surface area contributed by atoms with E-state index in [1.807, 2.05) is 23.2 Å². The Kier molecular flexibility index (Phi) is 4.30. The highest BCUT2D eigenvalue weighted by atomic mass is 16.2. The summed E-state index contributed by atoms with van der Waals surface area (Å²) in [7, 11) is 0. The molecule has 1 aliphatic rings. The van der Waals surface area contributed by atoms with Gasteiger partial charge < -0.3 is 9.80 Å². The highest BCUT2D eigenvalue weighted by Crippen LogP contribution is 2.23. The number of aromatic amines is 1. The van der Waals surface area contributed by atoms with Crippen molar-refractivity contribution in [2.45, 2.75) is 26.2 Å². The maximum Gasteiger partial charge on any atom is 0.274 e. The average Bonchev–Trinajstić information content (AvgIpc) is 3.18. The van der Waals surface area contributed by atoms with Gasteiger partial charge >= 0.3 is 0 Å². The van der Waals surface area contributed by atoms with Gasteiger partial charge in [-0.1, -0.05) is 20.8 Å². The fourth-order valence-electron chi connectivity index (χ4n) is 3.31. The molecule has 27 heavy (non-hydrogen) atoms. The van der Waals surface area contributed by atoms with Crippen molar-refractivity contribution in [3.8, 4) is 0 Å². The van der Waals surface area contributed by atoms with E-state index in [9.17, 15) is 4.79 Å². The van der Waals surface area contributed by atoms with Crippen molar-refractivity contribution in [3.05, 3.63) is 48.2 Å². The minimum atomic E-state index is -0.0516. The summed E-state index contributed by atoms with van der Waals surface area (Å²) >= 11 is 0. The van der Waals surface area contributed by atoms with Crippen LogP contribution >= 0.6 is 0 Å². The van der Waals surface area contributed by atoms with Gasteiger partial charge in [-0.3, -0.25) is 9.89 Å². The van der Waals surface area contributed by atoms with Gasteiger partial charge in [0, 0.05) is 54.6 Å². The zero-order valence-corrected chi connectivity index (χ0v) is 15.9. The Balaban J connectivity index is 1.43. The molecule has 1 amide bonds. The number of aromatic nitrogens is 4. The van der Waals surface area contributed by atoms with E-state index in [1.54, 1.807) is 6.33 Å². The second-order valence-electron chi connectivity index (χ2n) is 7.96. The molecule has 0 atom stereocenters. The normalized spacial score (nSPS) is 15.4. The number of amides is 1. The fourth-order valence-corrected chi connectivity index (χ4v) is 3.31. The molecule has 2 aromatic heterocycles. The summed E-state index contributed by atoms with van der Waals surface area (Å²) in [6.07, 6.45) is 3.39. The number of hydrogen-bond donors (Lipinski definition) is 1. The van der Waals surface area contributed by atoms with Crippen LogP contribution in [-0.4, -0.2) is 57.2 Å². The predicted molar refractivity (Wildman–Crippen MR) is 105 cm³/mol. The number of nitrogens with zero attached hydrogens (tertiary/aromatic N) is 5. The van der Waals surface area contributed by atoms with Crippen molar-refractivity contribution in [2.24, 2.45) is 0 Å². The van der Waals surface area contributed by atoms with Gasteiger partial charge in [-0.05, 0) is 24.3 Å². The lowest BCUT2D eigenvalue weighted by molar-refractivity contribution is 0.0741. The van der Waals surface area contributed by atoms with Crippen LogP contribution < -0.4 is 4.90 Å². The Hall–Kier alpha value is -2.96. The van der Waals surface area contributed by atoms with Gasteiger partial charge in [-0.15, -0.1) is 0 Å². The van der Waals surface area contributed by atoms with Crippen LogP contribution in [-0.2, 0) is 5.41 Å². The molecule has 0 radical (unpaired) electrons. The van der Waals surface area contributed by atoms with Crippen molar-refractivity contribution in [1.29, 1.82) is 0 Å². The number of carbonyl (C=O) groups is 1. The van der Waals surface area contributed by atoms with Gasteiger partial charge in [-0.2, -0.15) is 5.10 Å². The molecule has 1 saturated heterocycles. The van der Waals surface area contributed by atoms with Crippen molar-refractivity contribution < 1.29 is 4.79 Å². The Morgan fingerprint density at radius 2 is 1.89 bits per heavy atom. The Morgan fingerprint density at radius 3 is 2.59 bits per heavy atom. The van der Waals surface area contributed by atoms with Crippen LogP contribution in [0, 0.1) is 0 Å². The van der Waals surface area contributed by atoms with Crippen LogP contribution in [0.5, 0.6) is 0 Å². The first-order valence-corrected chi connectivity index (χ1v) is 9.22. The summed E-state index contributed by atoms with van der Waals surface area (Å²) in [4.78, 5) is 25.3. The summed E-state index contributed by atoms with van der Waals surface area (Å²) in [5.41, 5.74) is 3.50. The molecular formula is C20H24N6O. The van der Waals surface area contributed by atoms with Crippen LogP contribution in [0.25, 0.3) is 10.9 Å². The maximum atomic E-state index is 12.8. The third-order valence-corrected chi connectivity index (χ3v) is 5.03. The number of anilines is 1. The van der Waals surface area contributed by atoms with Crippen LogP contribution in [0.3, 0.4) is 0 Å². The zero-order chi connectivity index (χ0) is 19.0. The Labute approximate surface area is 158 Å². The molecule has 0 unspecified atom stereocenters. The molecule has 0 saturated carbocycles. The molecule has 140 valence electrons. The van der Waals surface area contributed by atoms with Crippen molar-refractivity contribution in [3.63, 3.8) is 0 Å². The molecule has 7 nitrogen and oxygen atoms in total. The Bertz CT molecular complexity index is 966. The third-order valence-electron chi connectivity index (χ3n) is 5.03. The molecule has 1 fully saturated rings. The van der Waals surface area contributed by atoms with Crippen molar-refractivity contribution >= 4 is 22.5 Å². The largest absolute Gasteiger partial charge is 0.368 e. The predicted octanol–water partition coefficient (Wildman–Crippen LogP) is 2.61. The van der Waals surface area contributed by atoms with E-state index in [1.165, 1.54) is 0 Å². The van der Waals surface area contributed by atoms with Crippen LogP contribution in [0.1, 0.15) is 37.0 Å². The van der Waals surface area contributed by atoms with Crippen molar-refractivity contribution in [1.82, 2.24) is 25.1 Å². The smallest absolute Gasteiger partial charge is 0.274 e. The molecule has 3 heterocycles. The lowest BCUT2D eigenvalue weighted by Crippen LogP contribution is -2.48. The van der Waals surface area contributed by atoms with E-state index >= 15 is 0 Å². The molecule has 1 N–H and O–H groups in total. The standard InChI is InChI=1S/C20H24N6O/c1-20(2,3)18-11-17(23-24-18)19(27)26-8-6-25(7-9-26)15-4-5-16-14(10-15)12-21-13-22-16/h4-5,10-13H,6-9H2,1-3H3,(H,23,24). The molecule has 1 aromatic carbocycles. The maximum absolute atomic E-state index is 12.8. The number of benzene rings is 1. The summed E-state index contributed by atoms with van der Waals surface area (Å²) in [5, 5.41) is 8.25. The quantitative estimate of drug-likeness (QED) is 0.756. The first-order chi connectivity index (χ1) is 12.9. The number of piperazine rings is 1. The minimum Gasteiger partial charge on any atom is -0.368 e. The number of nitrogens with one attached hydrogen (secondary N) is 1. The number of hydrogen-bond acceptors (Lipinski definition) is 5. The highest BCUT2D eigenvalue weighted by Gasteiger charge is 2.26. The van der Waals surface area contributed by atoms with E-state index in [0.29, 0.717) is 18.8 Å². The number of carbonyl (C=O) groups excluding carboxylic acids is 1. The monoisotopic (exact) mass is 364 g/mol. The molecule has 4 rings (SSSR count). The fraction of sp³-hybridized carbons (Fsp3) is 0.400. The van der Waals surface area contributed by atoms with Crippen molar-refractivity contribution in [2.75, 3.05) is 31.1 Å². The summed E-state index contributed by atoms with van der Waals surface area (Å²) in [5.74, 6) is -0.00619. The van der Waals surface area contributed by atoms with E-state index in [4.69, 9.17) is 0 Å². The van der Waals surface area contributed by atoms with Crippen LogP contribution in [0.4, 0.5) is 5.69 Å². The molecule has 1 aliphatic heterocycles. The van der Waals surface area contributed by atoms with Gasteiger partial charge in [0.05, 0.1) is 5.52 Å². The highest BCUT2D eigenvalue weighted by molar-refractivity contribution is 5.92. The van der Waals surface area contributed by atoms with E-state index < -0.39 is 0 Å². The molecule has 3 aromatic rings. The second-order valence-corrected chi connectivity index (χ2v) is 7.96. The van der Waals surface area contributed by atoms with E-state index in [0.717, 1.165) is 35.4 Å². The third kappa shape index (κ3) is 3.49. The molecule has 0 spiro atoms. The van der Waals surface area contributed by atoms with Crippen LogP contribution in [0.15, 0.2) is 36.8 Å². The topological polar surface area (TPSA) is 78.0 Å². The number of fused-ring (bicyclic) bond motifs is 1. The lowest BCUT2D eigenvalue weighted by Gasteiger charge is -2.35. The van der Waals surface area contributed by atoms with E-state index in [2.05, 4.69) is 58.0 Å². The lowest BCUT2D eigenvalue weighted by atomic mass is 9.92. The van der Waals surface area contributed by atoms with Gasteiger partial charge in [-0.25, -0.2) is 9.97 Å². The zero-order valence-electron chi connectivity index (χ0n) is 15.9. The summed E-state index contributed by atoms with van der Waals surface area (Å²) in [6.45, 7) is 9.25. The first kappa shape index (κ1) is 17.5. The minimum absolute atomic E-state index is 0.00619. The van der Waals surface area contributed by atoms with Gasteiger partial charge in [0.1, 0.15) is 12.0 Å². The van der Waals surface area contributed by atoms with Crippen LogP contribution in [0.2, 0.25) is 0 Å². The first-order valence-electron chi connectivity index (χ1n) is 9.22. The average molecular weight is 364 g/mol. The number of H-pyrrole nitrogens is 1. The molecule has 0 bridgehead atoms. The Morgan fingerprint density at radius 1 is 1.11 bits per heavy atom. The molecule has 7 heteroatoms. The van der Waals surface area contributed by atoms with Gasteiger partial charge in [0.15, 0.2) is 0 Å². The van der Waals surface area contributed by atoms with E-state index in [-0.39, 0.29) is 11.3 Å². The van der Waals surface area contributed by atoms with Gasteiger partial charge in [0.25, 0.3) is 5.91 Å².